The average Bonchev–Trinajstić information content (AvgIpc) is 2.57. The predicted molar refractivity (Wildman–Crippen MR) is 87.3 cm³/mol. The van der Waals surface area contributed by atoms with E-state index in [0.717, 1.165) is 17.3 Å². The van der Waals surface area contributed by atoms with Crippen molar-refractivity contribution in [1.82, 2.24) is 4.98 Å². The minimum atomic E-state index is 0.459. The molecule has 0 radical (unpaired) electrons. The van der Waals surface area contributed by atoms with Gasteiger partial charge in [0.05, 0.1) is 5.69 Å². The van der Waals surface area contributed by atoms with Crippen molar-refractivity contribution in [3.05, 3.63) is 62.9 Å². The SMILES string of the molecule is CCCC1c2ccc(C)cc2CCc2cc(Br)cnc21. The van der Waals surface area contributed by atoms with Crippen molar-refractivity contribution >= 4 is 15.9 Å². The second-order valence-corrected chi connectivity index (χ2v) is 6.66. The van der Waals surface area contributed by atoms with Gasteiger partial charge in [-0.1, -0.05) is 37.1 Å². The number of nitrogens with zero attached hydrogens (tertiary/aromatic N) is 1. The maximum absolute atomic E-state index is 4.75. The zero-order chi connectivity index (χ0) is 14.1. The second-order valence-electron chi connectivity index (χ2n) is 5.74. The molecule has 20 heavy (non-hydrogen) atoms. The van der Waals surface area contributed by atoms with Crippen LogP contribution in [0.15, 0.2) is 34.9 Å². The van der Waals surface area contributed by atoms with Crippen LogP contribution in [0.3, 0.4) is 0 Å². The Bertz CT molecular complexity index is 580. The van der Waals surface area contributed by atoms with E-state index >= 15 is 0 Å². The molecule has 1 aromatic heterocycles. The molecular formula is C18H20BrN. The normalized spacial score (nSPS) is 17.2. The molecule has 2 heteroatoms. The number of aromatic nitrogens is 1. The molecule has 104 valence electrons. The molecule has 0 fully saturated rings. The molecule has 0 bridgehead atoms. The van der Waals surface area contributed by atoms with E-state index < -0.39 is 0 Å². The fraction of sp³-hybridized carbons (Fsp3) is 0.389. The zero-order valence-corrected chi connectivity index (χ0v) is 13.7. The summed E-state index contributed by atoms with van der Waals surface area (Å²) in [5.74, 6) is 0.459. The smallest absolute Gasteiger partial charge is 0.0511 e. The molecule has 1 heterocycles. The lowest BCUT2D eigenvalue weighted by Gasteiger charge is -2.19. The molecule has 1 atom stereocenters. The van der Waals surface area contributed by atoms with Gasteiger partial charge in [0.25, 0.3) is 0 Å². The summed E-state index contributed by atoms with van der Waals surface area (Å²) in [7, 11) is 0. The van der Waals surface area contributed by atoms with E-state index in [4.69, 9.17) is 4.98 Å². The molecule has 0 aliphatic heterocycles. The van der Waals surface area contributed by atoms with E-state index in [1.807, 2.05) is 6.20 Å². The summed E-state index contributed by atoms with van der Waals surface area (Å²) < 4.78 is 1.09. The van der Waals surface area contributed by atoms with Gasteiger partial charge in [0.2, 0.25) is 0 Å². The molecule has 1 nitrogen and oxygen atoms in total. The van der Waals surface area contributed by atoms with Crippen LogP contribution in [0.2, 0.25) is 0 Å². The Morgan fingerprint density at radius 2 is 2.00 bits per heavy atom. The third kappa shape index (κ3) is 2.54. The van der Waals surface area contributed by atoms with Gasteiger partial charge in [0.15, 0.2) is 0 Å². The summed E-state index contributed by atoms with van der Waals surface area (Å²) in [6, 6.07) is 9.18. The Hall–Kier alpha value is -1.15. The molecule has 1 aliphatic rings. The third-order valence-corrected chi connectivity index (χ3v) is 4.65. The molecule has 1 aromatic carbocycles. The summed E-state index contributed by atoms with van der Waals surface area (Å²) in [6.45, 7) is 4.44. The molecule has 0 amide bonds. The van der Waals surface area contributed by atoms with E-state index in [2.05, 4.69) is 54.0 Å². The number of pyridine rings is 1. The van der Waals surface area contributed by atoms with Gasteiger partial charge in [0, 0.05) is 16.6 Å². The van der Waals surface area contributed by atoms with Crippen LogP contribution < -0.4 is 0 Å². The van der Waals surface area contributed by atoms with Crippen molar-refractivity contribution in [1.29, 1.82) is 0 Å². The number of fused-ring (bicyclic) bond motifs is 2. The van der Waals surface area contributed by atoms with Crippen LogP contribution in [0.4, 0.5) is 0 Å². The van der Waals surface area contributed by atoms with Gasteiger partial charge in [-0.2, -0.15) is 0 Å². The molecule has 0 saturated carbocycles. The maximum atomic E-state index is 4.75. The van der Waals surface area contributed by atoms with Crippen molar-refractivity contribution in [3.8, 4) is 0 Å². The highest BCUT2D eigenvalue weighted by Crippen LogP contribution is 2.37. The first-order valence-corrected chi connectivity index (χ1v) is 8.22. The number of hydrogen-bond donors (Lipinski definition) is 0. The van der Waals surface area contributed by atoms with Gasteiger partial charge in [-0.25, -0.2) is 0 Å². The molecule has 3 rings (SSSR count). The van der Waals surface area contributed by atoms with E-state index in [-0.39, 0.29) is 0 Å². The Kier molecular flexibility index (Phi) is 3.93. The van der Waals surface area contributed by atoms with Crippen molar-refractivity contribution < 1.29 is 0 Å². The summed E-state index contributed by atoms with van der Waals surface area (Å²) in [6.07, 6.45) is 6.54. The third-order valence-electron chi connectivity index (χ3n) is 4.21. The minimum Gasteiger partial charge on any atom is -0.259 e. The predicted octanol–water partition coefficient (Wildman–Crippen LogP) is 5.18. The van der Waals surface area contributed by atoms with E-state index in [9.17, 15) is 0 Å². The van der Waals surface area contributed by atoms with Gasteiger partial charge in [-0.15, -0.1) is 0 Å². The summed E-state index contributed by atoms with van der Waals surface area (Å²) in [5.41, 5.74) is 7.06. The lowest BCUT2D eigenvalue weighted by molar-refractivity contribution is 0.676. The fourth-order valence-electron chi connectivity index (χ4n) is 3.29. The van der Waals surface area contributed by atoms with E-state index in [0.29, 0.717) is 5.92 Å². The Morgan fingerprint density at radius 3 is 2.80 bits per heavy atom. The number of halogens is 1. The fourth-order valence-corrected chi connectivity index (χ4v) is 3.67. The summed E-state index contributed by atoms with van der Waals surface area (Å²) in [5, 5.41) is 0. The van der Waals surface area contributed by atoms with E-state index in [1.165, 1.54) is 40.8 Å². The van der Waals surface area contributed by atoms with Crippen molar-refractivity contribution in [2.45, 2.75) is 45.4 Å². The molecule has 0 spiro atoms. The standard InChI is InChI=1S/C18H20BrN/c1-3-4-17-16-8-5-12(2)9-13(16)6-7-14-10-15(19)11-20-18(14)17/h5,8-11,17H,3-4,6-7H2,1-2H3. The number of rotatable bonds is 2. The lowest BCUT2D eigenvalue weighted by atomic mass is 9.87. The van der Waals surface area contributed by atoms with Gasteiger partial charge < -0.3 is 0 Å². The van der Waals surface area contributed by atoms with Gasteiger partial charge in [-0.05, 0) is 64.9 Å². The maximum Gasteiger partial charge on any atom is 0.0511 e. The number of hydrogen-bond acceptors (Lipinski definition) is 1. The minimum absolute atomic E-state index is 0.459. The van der Waals surface area contributed by atoms with Crippen LogP contribution in [0.25, 0.3) is 0 Å². The first-order chi connectivity index (χ1) is 9.69. The molecular weight excluding hydrogens is 310 g/mol. The van der Waals surface area contributed by atoms with Crippen LogP contribution >= 0.6 is 15.9 Å². The highest BCUT2D eigenvalue weighted by Gasteiger charge is 2.24. The first-order valence-electron chi connectivity index (χ1n) is 7.42. The number of benzene rings is 1. The Morgan fingerprint density at radius 1 is 1.20 bits per heavy atom. The largest absolute Gasteiger partial charge is 0.259 e. The quantitative estimate of drug-likeness (QED) is 0.739. The molecule has 0 N–H and O–H groups in total. The first kappa shape index (κ1) is 13.8. The molecule has 1 unspecified atom stereocenters. The lowest BCUT2D eigenvalue weighted by Crippen LogP contribution is -2.06. The molecule has 0 saturated heterocycles. The monoisotopic (exact) mass is 329 g/mol. The van der Waals surface area contributed by atoms with Crippen molar-refractivity contribution in [3.63, 3.8) is 0 Å². The zero-order valence-electron chi connectivity index (χ0n) is 12.1. The van der Waals surface area contributed by atoms with Crippen LogP contribution in [0, 0.1) is 6.92 Å². The topological polar surface area (TPSA) is 12.9 Å². The number of aryl methyl sites for hydroxylation is 3. The van der Waals surface area contributed by atoms with Gasteiger partial charge in [0.1, 0.15) is 0 Å². The average molecular weight is 330 g/mol. The van der Waals surface area contributed by atoms with Gasteiger partial charge >= 0.3 is 0 Å². The van der Waals surface area contributed by atoms with Crippen LogP contribution in [-0.2, 0) is 12.8 Å². The highest BCUT2D eigenvalue weighted by molar-refractivity contribution is 9.10. The molecule has 1 aliphatic carbocycles. The molecule has 2 aromatic rings. The summed E-state index contributed by atoms with van der Waals surface area (Å²) >= 11 is 3.56. The summed E-state index contributed by atoms with van der Waals surface area (Å²) in [4.78, 5) is 4.75. The van der Waals surface area contributed by atoms with Gasteiger partial charge in [-0.3, -0.25) is 4.98 Å². The highest BCUT2D eigenvalue weighted by atomic mass is 79.9. The Labute approximate surface area is 129 Å². The van der Waals surface area contributed by atoms with Crippen molar-refractivity contribution in [2.24, 2.45) is 0 Å². The van der Waals surface area contributed by atoms with Crippen molar-refractivity contribution in [2.75, 3.05) is 0 Å². The van der Waals surface area contributed by atoms with Crippen LogP contribution in [0.1, 0.15) is 53.6 Å². The van der Waals surface area contributed by atoms with Crippen LogP contribution in [0.5, 0.6) is 0 Å². The van der Waals surface area contributed by atoms with E-state index in [1.54, 1.807) is 0 Å². The second kappa shape index (κ2) is 5.69. The van der Waals surface area contributed by atoms with Crippen LogP contribution in [-0.4, -0.2) is 4.98 Å². The Balaban J connectivity index is 2.15.